The zero-order valence-corrected chi connectivity index (χ0v) is 13.4. The second-order valence-electron chi connectivity index (χ2n) is 6.19. The topological polar surface area (TPSA) is 75.4 Å². The first kappa shape index (κ1) is 17.4. The highest BCUT2D eigenvalue weighted by molar-refractivity contribution is 5.86. The smallest absolute Gasteiger partial charge is 0.242 e. The molecule has 6 heteroatoms. The van der Waals surface area contributed by atoms with Crippen LogP contribution in [0.25, 0.3) is 0 Å². The Morgan fingerprint density at radius 3 is 2.91 bits per heavy atom. The van der Waals surface area contributed by atoms with Crippen LogP contribution in [0.1, 0.15) is 25.3 Å². The van der Waals surface area contributed by atoms with Crippen molar-refractivity contribution in [3.8, 4) is 0 Å². The van der Waals surface area contributed by atoms with E-state index in [-0.39, 0.29) is 36.6 Å². The van der Waals surface area contributed by atoms with Gasteiger partial charge in [-0.05, 0) is 36.5 Å². The van der Waals surface area contributed by atoms with Crippen molar-refractivity contribution in [2.24, 2.45) is 11.7 Å². The summed E-state index contributed by atoms with van der Waals surface area (Å²) < 4.78 is 13.1. The average Bonchev–Trinajstić information content (AvgIpc) is 2.52. The Hall–Kier alpha value is -1.95. The van der Waals surface area contributed by atoms with Crippen LogP contribution in [0.5, 0.6) is 0 Å². The summed E-state index contributed by atoms with van der Waals surface area (Å²) in [7, 11) is 0. The Kier molecular flexibility index (Phi) is 6.10. The minimum atomic E-state index is -0.375. The standard InChI is InChI=1S/C17H24FN3O2/c1-12-5-6-21(15(7-12)10-19)17(23)11-20-16(22)9-13-3-2-4-14(18)8-13/h2-4,8,12,15H,5-7,9-11,19H2,1H3,(H,20,22). The minimum absolute atomic E-state index is 0.0426. The van der Waals surface area contributed by atoms with Crippen molar-refractivity contribution < 1.29 is 14.0 Å². The first-order valence-electron chi connectivity index (χ1n) is 8.00. The van der Waals surface area contributed by atoms with E-state index in [4.69, 9.17) is 5.73 Å². The molecule has 5 nitrogen and oxygen atoms in total. The van der Waals surface area contributed by atoms with Gasteiger partial charge in [-0.25, -0.2) is 4.39 Å². The molecule has 1 aliphatic heterocycles. The van der Waals surface area contributed by atoms with Gasteiger partial charge in [0.05, 0.1) is 13.0 Å². The number of hydrogen-bond acceptors (Lipinski definition) is 3. The molecule has 2 unspecified atom stereocenters. The number of nitrogens with zero attached hydrogens (tertiary/aromatic N) is 1. The molecule has 2 amide bonds. The van der Waals surface area contributed by atoms with E-state index in [1.165, 1.54) is 12.1 Å². The third-order valence-corrected chi connectivity index (χ3v) is 4.26. The molecule has 1 aromatic rings. The molecule has 0 spiro atoms. The monoisotopic (exact) mass is 321 g/mol. The predicted octanol–water partition coefficient (Wildman–Crippen LogP) is 1.07. The highest BCUT2D eigenvalue weighted by Crippen LogP contribution is 2.21. The molecule has 126 valence electrons. The van der Waals surface area contributed by atoms with E-state index in [2.05, 4.69) is 12.2 Å². The summed E-state index contributed by atoms with van der Waals surface area (Å²) >= 11 is 0. The van der Waals surface area contributed by atoms with E-state index in [9.17, 15) is 14.0 Å². The molecule has 0 aromatic heterocycles. The second-order valence-corrected chi connectivity index (χ2v) is 6.19. The van der Waals surface area contributed by atoms with Crippen molar-refractivity contribution in [3.05, 3.63) is 35.6 Å². The maximum Gasteiger partial charge on any atom is 0.242 e. The maximum atomic E-state index is 13.1. The fourth-order valence-corrected chi connectivity index (χ4v) is 2.97. The third kappa shape index (κ3) is 5.03. The van der Waals surface area contributed by atoms with Crippen LogP contribution in [-0.2, 0) is 16.0 Å². The van der Waals surface area contributed by atoms with Crippen LogP contribution >= 0.6 is 0 Å². The Morgan fingerprint density at radius 1 is 1.43 bits per heavy atom. The summed E-state index contributed by atoms with van der Waals surface area (Å²) in [5.74, 6) is -0.215. The molecule has 1 aromatic carbocycles. The molecule has 1 aliphatic rings. The van der Waals surface area contributed by atoms with Crippen molar-refractivity contribution in [1.82, 2.24) is 10.2 Å². The lowest BCUT2D eigenvalue weighted by Gasteiger charge is -2.38. The number of hydrogen-bond donors (Lipinski definition) is 2. The van der Waals surface area contributed by atoms with Crippen LogP contribution < -0.4 is 11.1 Å². The van der Waals surface area contributed by atoms with Crippen LogP contribution in [-0.4, -0.2) is 42.4 Å². The van der Waals surface area contributed by atoms with Crippen LogP contribution in [0.4, 0.5) is 4.39 Å². The van der Waals surface area contributed by atoms with Crippen molar-refractivity contribution in [2.45, 2.75) is 32.2 Å². The van der Waals surface area contributed by atoms with Gasteiger partial charge in [-0.1, -0.05) is 19.1 Å². The van der Waals surface area contributed by atoms with Crippen LogP contribution in [0, 0.1) is 11.7 Å². The van der Waals surface area contributed by atoms with Crippen molar-refractivity contribution >= 4 is 11.8 Å². The van der Waals surface area contributed by atoms with Gasteiger partial charge in [-0.2, -0.15) is 0 Å². The van der Waals surface area contributed by atoms with Crippen LogP contribution in [0.2, 0.25) is 0 Å². The predicted molar refractivity (Wildman–Crippen MR) is 86.1 cm³/mol. The van der Waals surface area contributed by atoms with E-state index < -0.39 is 0 Å². The lowest BCUT2D eigenvalue weighted by molar-refractivity contribution is -0.136. The Bertz CT molecular complexity index is 565. The van der Waals surface area contributed by atoms with Gasteiger partial charge in [0.15, 0.2) is 0 Å². The van der Waals surface area contributed by atoms with Gasteiger partial charge < -0.3 is 16.0 Å². The normalized spacial score (nSPS) is 21.1. The second kappa shape index (κ2) is 8.06. The first-order chi connectivity index (χ1) is 11.0. The number of likely N-dealkylation sites (tertiary alicyclic amines) is 1. The van der Waals surface area contributed by atoms with Gasteiger partial charge in [0.2, 0.25) is 11.8 Å². The van der Waals surface area contributed by atoms with E-state index in [0.717, 1.165) is 12.8 Å². The Morgan fingerprint density at radius 2 is 2.22 bits per heavy atom. The molecule has 1 fully saturated rings. The summed E-state index contributed by atoms with van der Waals surface area (Å²) in [5, 5.41) is 2.61. The molecule has 2 rings (SSSR count). The van der Waals surface area contributed by atoms with Crippen LogP contribution in [0.15, 0.2) is 24.3 Å². The van der Waals surface area contributed by atoms with Gasteiger partial charge in [0.1, 0.15) is 5.82 Å². The third-order valence-electron chi connectivity index (χ3n) is 4.26. The highest BCUT2D eigenvalue weighted by Gasteiger charge is 2.28. The first-order valence-corrected chi connectivity index (χ1v) is 8.00. The van der Waals surface area contributed by atoms with Crippen molar-refractivity contribution in [1.29, 1.82) is 0 Å². The van der Waals surface area contributed by atoms with E-state index in [1.54, 1.807) is 17.0 Å². The number of benzene rings is 1. The molecule has 3 N–H and O–H groups in total. The zero-order chi connectivity index (χ0) is 16.8. The molecular formula is C17H24FN3O2. The summed E-state index contributed by atoms with van der Waals surface area (Å²) in [4.78, 5) is 25.9. The zero-order valence-electron chi connectivity index (χ0n) is 13.4. The molecule has 0 bridgehead atoms. The van der Waals surface area contributed by atoms with Gasteiger partial charge in [-0.15, -0.1) is 0 Å². The van der Waals surface area contributed by atoms with Crippen molar-refractivity contribution in [2.75, 3.05) is 19.6 Å². The number of halogens is 1. The highest BCUT2D eigenvalue weighted by atomic mass is 19.1. The minimum Gasteiger partial charge on any atom is -0.347 e. The number of carbonyl (C=O) groups is 2. The lowest BCUT2D eigenvalue weighted by Crippen LogP contribution is -2.52. The number of rotatable bonds is 5. The Balaban J connectivity index is 1.82. The Labute approximate surface area is 136 Å². The summed E-state index contributed by atoms with van der Waals surface area (Å²) in [5.41, 5.74) is 6.33. The van der Waals surface area contributed by atoms with E-state index in [0.29, 0.717) is 24.6 Å². The van der Waals surface area contributed by atoms with Gasteiger partial charge in [0.25, 0.3) is 0 Å². The average molecular weight is 321 g/mol. The quantitative estimate of drug-likeness (QED) is 0.852. The van der Waals surface area contributed by atoms with Gasteiger partial charge in [-0.3, -0.25) is 9.59 Å². The van der Waals surface area contributed by atoms with Crippen molar-refractivity contribution in [3.63, 3.8) is 0 Å². The molecule has 2 atom stereocenters. The molecule has 0 radical (unpaired) electrons. The number of nitrogens with two attached hydrogens (primary N) is 1. The van der Waals surface area contributed by atoms with Crippen LogP contribution in [0.3, 0.4) is 0 Å². The SMILES string of the molecule is CC1CCN(C(=O)CNC(=O)Cc2cccc(F)c2)C(CN)C1. The number of amides is 2. The fourth-order valence-electron chi connectivity index (χ4n) is 2.97. The van der Waals surface area contributed by atoms with Gasteiger partial charge >= 0.3 is 0 Å². The summed E-state index contributed by atoms with van der Waals surface area (Å²) in [6.07, 6.45) is 1.92. The maximum absolute atomic E-state index is 13.1. The fraction of sp³-hybridized carbons (Fsp3) is 0.529. The summed E-state index contributed by atoms with van der Waals surface area (Å²) in [6, 6.07) is 5.93. The molecule has 23 heavy (non-hydrogen) atoms. The lowest BCUT2D eigenvalue weighted by atomic mass is 9.92. The van der Waals surface area contributed by atoms with E-state index >= 15 is 0 Å². The molecular weight excluding hydrogens is 297 g/mol. The number of piperidine rings is 1. The number of carbonyl (C=O) groups excluding carboxylic acids is 2. The molecule has 1 saturated heterocycles. The molecule has 0 aliphatic carbocycles. The van der Waals surface area contributed by atoms with E-state index in [1.807, 2.05) is 0 Å². The molecule has 1 heterocycles. The summed E-state index contributed by atoms with van der Waals surface area (Å²) in [6.45, 7) is 3.24. The largest absolute Gasteiger partial charge is 0.347 e. The number of nitrogens with one attached hydrogen (secondary N) is 1. The molecule has 0 saturated carbocycles. The van der Waals surface area contributed by atoms with Gasteiger partial charge in [0, 0.05) is 19.1 Å².